The average Bonchev–Trinajstić information content (AvgIpc) is 2.66. The van der Waals surface area contributed by atoms with Gasteiger partial charge in [-0.25, -0.2) is 0 Å². The van der Waals surface area contributed by atoms with Crippen molar-refractivity contribution in [1.82, 2.24) is 0 Å². The van der Waals surface area contributed by atoms with Gasteiger partial charge in [0.1, 0.15) is 0 Å². The van der Waals surface area contributed by atoms with Gasteiger partial charge in [-0.3, -0.25) is 4.99 Å². The zero-order valence-electron chi connectivity index (χ0n) is 9.96. The first-order valence-corrected chi connectivity index (χ1v) is 5.89. The van der Waals surface area contributed by atoms with Crippen LogP contribution in [-0.2, 0) is 0 Å². The van der Waals surface area contributed by atoms with Crippen molar-refractivity contribution in [3.05, 3.63) is 12.2 Å². The molecule has 0 aromatic carbocycles. The third kappa shape index (κ3) is 2.08. The molecule has 1 nitrogen and oxygen atoms in total. The lowest BCUT2D eigenvalue weighted by Gasteiger charge is -2.34. The maximum Gasteiger partial charge on any atom is 0.0819 e. The van der Waals surface area contributed by atoms with Crippen LogP contribution in [-0.4, -0.2) is 11.8 Å². The second-order valence-electron chi connectivity index (χ2n) is 4.55. The van der Waals surface area contributed by atoms with Gasteiger partial charge in [0.05, 0.1) is 5.54 Å². The topological polar surface area (TPSA) is 12.4 Å². The van der Waals surface area contributed by atoms with E-state index in [0.717, 1.165) is 5.92 Å². The van der Waals surface area contributed by atoms with Gasteiger partial charge in [0, 0.05) is 6.21 Å². The minimum absolute atomic E-state index is 0.115. The van der Waals surface area contributed by atoms with Crippen LogP contribution >= 0.6 is 0 Å². The molecule has 0 bridgehead atoms. The molecular weight excluding hydrogens is 170 g/mol. The molecule has 3 unspecified atom stereocenters. The van der Waals surface area contributed by atoms with Gasteiger partial charge in [-0.15, -0.1) is 0 Å². The summed E-state index contributed by atoms with van der Waals surface area (Å²) >= 11 is 0. The number of hydrogen-bond donors (Lipinski definition) is 0. The van der Waals surface area contributed by atoms with E-state index in [1.807, 2.05) is 6.21 Å². The standard InChI is InChI=1S/C13H23N/c1-5-8-13(9-7-10-14-13)12(4)11(3)6-2/h7,9-12H,5-6,8H2,1-4H3. The van der Waals surface area contributed by atoms with Crippen molar-refractivity contribution in [2.75, 3.05) is 0 Å². The lowest BCUT2D eigenvalue weighted by molar-refractivity contribution is 0.247. The normalized spacial score (nSPS) is 29.4. The molecule has 0 amide bonds. The van der Waals surface area contributed by atoms with Crippen LogP contribution < -0.4 is 0 Å². The highest BCUT2D eigenvalue weighted by Gasteiger charge is 2.35. The molecule has 0 aromatic rings. The van der Waals surface area contributed by atoms with E-state index >= 15 is 0 Å². The Morgan fingerprint density at radius 3 is 2.43 bits per heavy atom. The maximum absolute atomic E-state index is 4.69. The Labute approximate surface area is 88.3 Å². The first kappa shape index (κ1) is 11.5. The second-order valence-corrected chi connectivity index (χ2v) is 4.55. The molecule has 1 heterocycles. The summed E-state index contributed by atoms with van der Waals surface area (Å²) in [4.78, 5) is 4.69. The Kier molecular flexibility index (Phi) is 3.91. The summed E-state index contributed by atoms with van der Waals surface area (Å²) in [5, 5.41) is 0. The molecule has 0 N–H and O–H groups in total. The molecule has 1 heteroatoms. The number of aliphatic imine (C=N–C) groups is 1. The molecule has 1 aliphatic heterocycles. The molecule has 0 saturated heterocycles. The lowest BCUT2D eigenvalue weighted by atomic mass is 9.75. The quantitative estimate of drug-likeness (QED) is 0.629. The summed E-state index contributed by atoms with van der Waals surface area (Å²) in [5.74, 6) is 1.41. The lowest BCUT2D eigenvalue weighted by Crippen LogP contribution is -2.34. The monoisotopic (exact) mass is 193 g/mol. The first-order valence-electron chi connectivity index (χ1n) is 5.89. The fourth-order valence-corrected chi connectivity index (χ4v) is 2.33. The fourth-order valence-electron chi connectivity index (χ4n) is 2.33. The van der Waals surface area contributed by atoms with Gasteiger partial charge in [0.15, 0.2) is 0 Å². The maximum atomic E-state index is 4.69. The van der Waals surface area contributed by atoms with Gasteiger partial charge in [0.2, 0.25) is 0 Å². The number of allylic oxidation sites excluding steroid dienone is 1. The Balaban J connectivity index is 2.77. The Morgan fingerprint density at radius 1 is 1.29 bits per heavy atom. The molecule has 80 valence electrons. The molecule has 0 radical (unpaired) electrons. The van der Waals surface area contributed by atoms with E-state index in [9.17, 15) is 0 Å². The predicted molar refractivity (Wildman–Crippen MR) is 63.9 cm³/mol. The van der Waals surface area contributed by atoms with E-state index in [1.54, 1.807) is 0 Å². The summed E-state index contributed by atoms with van der Waals surface area (Å²) in [6, 6.07) is 0. The number of rotatable bonds is 5. The highest BCUT2D eigenvalue weighted by Crippen LogP contribution is 2.37. The van der Waals surface area contributed by atoms with Crippen molar-refractivity contribution in [2.24, 2.45) is 16.8 Å². The molecule has 0 spiro atoms. The Morgan fingerprint density at radius 2 is 2.00 bits per heavy atom. The van der Waals surface area contributed by atoms with Crippen LogP contribution in [0, 0.1) is 11.8 Å². The molecule has 0 saturated carbocycles. The highest BCUT2D eigenvalue weighted by atomic mass is 14.9. The number of hydrogen-bond acceptors (Lipinski definition) is 1. The summed E-state index contributed by atoms with van der Waals surface area (Å²) in [7, 11) is 0. The van der Waals surface area contributed by atoms with Gasteiger partial charge in [-0.05, 0) is 24.3 Å². The largest absolute Gasteiger partial charge is 0.282 e. The summed E-state index contributed by atoms with van der Waals surface area (Å²) in [6.07, 6.45) is 10.0. The summed E-state index contributed by atoms with van der Waals surface area (Å²) in [6.45, 7) is 9.19. The molecule has 0 aliphatic carbocycles. The van der Waals surface area contributed by atoms with Gasteiger partial charge in [-0.1, -0.05) is 46.6 Å². The van der Waals surface area contributed by atoms with Crippen molar-refractivity contribution in [3.8, 4) is 0 Å². The van der Waals surface area contributed by atoms with Gasteiger partial charge in [-0.2, -0.15) is 0 Å². The first-order chi connectivity index (χ1) is 6.66. The van der Waals surface area contributed by atoms with E-state index in [-0.39, 0.29) is 5.54 Å². The van der Waals surface area contributed by atoms with Crippen LogP contribution in [0.1, 0.15) is 47.0 Å². The molecule has 1 rings (SSSR count). The molecule has 3 atom stereocenters. The van der Waals surface area contributed by atoms with Crippen LogP contribution in [0.2, 0.25) is 0 Å². The molecule has 0 fully saturated rings. The minimum Gasteiger partial charge on any atom is -0.282 e. The number of nitrogens with zero attached hydrogens (tertiary/aromatic N) is 1. The van der Waals surface area contributed by atoms with Crippen molar-refractivity contribution < 1.29 is 0 Å². The van der Waals surface area contributed by atoms with Crippen molar-refractivity contribution in [2.45, 2.75) is 52.5 Å². The predicted octanol–water partition coefficient (Wildman–Crippen LogP) is 3.85. The van der Waals surface area contributed by atoms with Gasteiger partial charge >= 0.3 is 0 Å². The third-order valence-electron chi connectivity index (χ3n) is 3.72. The molecular formula is C13H23N. The smallest absolute Gasteiger partial charge is 0.0819 e. The van der Waals surface area contributed by atoms with Gasteiger partial charge < -0.3 is 0 Å². The molecule has 1 aliphatic rings. The second kappa shape index (κ2) is 4.77. The van der Waals surface area contributed by atoms with Crippen molar-refractivity contribution >= 4 is 6.21 Å². The minimum atomic E-state index is 0.115. The van der Waals surface area contributed by atoms with Crippen molar-refractivity contribution in [1.29, 1.82) is 0 Å². The van der Waals surface area contributed by atoms with E-state index in [0.29, 0.717) is 5.92 Å². The highest BCUT2D eigenvalue weighted by molar-refractivity contribution is 5.75. The average molecular weight is 193 g/mol. The van der Waals surface area contributed by atoms with E-state index in [4.69, 9.17) is 0 Å². The zero-order valence-corrected chi connectivity index (χ0v) is 9.96. The zero-order chi connectivity index (χ0) is 10.6. The third-order valence-corrected chi connectivity index (χ3v) is 3.72. The van der Waals surface area contributed by atoms with E-state index in [1.165, 1.54) is 19.3 Å². The van der Waals surface area contributed by atoms with Crippen LogP contribution in [0.25, 0.3) is 0 Å². The SMILES string of the molecule is CCCC1(C(C)C(C)CC)C=CC=N1. The van der Waals surface area contributed by atoms with Crippen LogP contribution in [0.5, 0.6) is 0 Å². The molecule has 0 aromatic heterocycles. The summed E-state index contributed by atoms with van der Waals surface area (Å²) in [5.41, 5.74) is 0.115. The van der Waals surface area contributed by atoms with Gasteiger partial charge in [0.25, 0.3) is 0 Å². The van der Waals surface area contributed by atoms with E-state index in [2.05, 4.69) is 44.8 Å². The van der Waals surface area contributed by atoms with Crippen molar-refractivity contribution in [3.63, 3.8) is 0 Å². The van der Waals surface area contributed by atoms with Crippen LogP contribution in [0.4, 0.5) is 0 Å². The fraction of sp³-hybridized carbons (Fsp3) is 0.769. The Bertz CT molecular complexity index is 215. The van der Waals surface area contributed by atoms with Crippen LogP contribution in [0.15, 0.2) is 17.1 Å². The molecule has 14 heavy (non-hydrogen) atoms. The Hall–Kier alpha value is -0.590. The van der Waals surface area contributed by atoms with Crippen LogP contribution in [0.3, 0.4) is 0 Å². The summed E-state index contributed by atoms with van der Waals surface area (Å²) < 4.78 is 0. The van der Waals surface area contributed by atoms with E-state index < -0.39 is 0 Å².